The van der Waals surface area contributed by atoms with E-state index in [0.717, 1.165) is 26.4 Å². The van der Waals surface area contributed by atoms with Crippen molar-refractivity contribution in [2.75, 3.05) is 14.2 Å². The molecule has 0 unspecified atom stereocenters. The van der Waals surface area contributed by atoms with Gasteiger partial charge in [-0.1, -0.05) is 11.6 Å². The number of methoxy groups -OCH3 is 2. The largest absolute Gasteiger partial charge is 0.494 e. The van der Waals surface area contributed by atoms with Crippen LogP contribution in [0.4, 0.5) is 17.6 Å². The molecule has 0 amide bonds. The summed E-state index contributed by atoms with van der Waals surface area (Å²) in [6.07, 6.45) is -3.89. The van der Waals surface area contributed by atoms with Crippen LogP contribution >= 0.6 is 11.6 Å². The standard InChI is InChI=1S/C20H14ClF4N3O6/c1-27-15(20(23,24)25)7-16(29)28(19(27)31)12-6-13(10(21)5-11(12)22)34-9-4-14(32-2)17(26-8-9)18(30)33-3/h4-8H,1-3H3. The van der Waals surface area contributed by atoms with E-state index in [1.54, 1.807) is 0 Å². The first-order valence-electron chi connectivity index (χ1n) is 9.09. The molecule has 0 saturated heterocycles. The molecular weight excluding hydrogens is 490 g/mol. The number of halogens is 5. The van der Waals surface area contributed by atoms with Gasteiger partial charge in [0.15, 0.2) is 11.4 Å². The van der Waals surface area contributed by atoms with Crippen molar-refractivity contribution in [2.45, 2.75) is 6.18 Å². The summed E-state index contributed by atoms with van der Waals surface area (Å²) in [6, 6.07) is 2.97. The zero-order valence-corrected chi connectivity index (χ0v) is 18.3. The molecule has 180 valence electrons. The van der Waals surface area contributed by atoms with Crippen LogP contribution in [0.25, 0.3) is 5.69 Å². The summed E-state index contributed by atoms with van der Waals surface area (Å²) in [5, 5.41) is -0.297. The van der Waals surface area contributed by atoms with Crippen LogP contribution in [0, 0.1) is 5.82 Å². The maximum absolute atomic E-state index is 14.6. The highest BCUT2D eigenvalue weighted by molar-refractivity contribution is 6.32. The van der Waals surface area contributed by atoms with E-state index in [9.17, 15) is 31.9 Å². The SMILES string of the molecule is COC(=O)c1ncc(Oc2cc(-n3c(=O)cc(C(F)(F)F)n(C)c3=O)c(F)cc2Cl)cc1OC. The van der Waals surface area contributed by atoms with Crippen molar-refractivity contribution in [2.24, 2.45) is 7.05 Å². The molecule has 0 aliphatic carbocycles. The third-order valence-electron chi connectivity index (χ3n) is 4.51. The summed E-state index contributed by atoms with van der Waals surface area (Å²) < 4.78 is 69.4. The van der Waals surface area contributed by atoms with E-state index in [4.69, 9.17) is 21.1 Å². The Balaban J connectivity index is 2.12. The topological polar surface area (TPSA) is 102 Å². The summed E-state index contributed by atoms with van der Waals surface area (Å²) in [5.74, 6) is -2.31. The average Bonchev–Trinajstić information content (AvgIpc) is 2.77. The molecule has 0 fully saturated rings. The molecule has 0 radical (unpaired) electrons. The van der Waals surface area contributed by atoms with Gasteiger partial charge >= 0.3 is 17.8 Å². The molecule has 3 rings (SSSR count). The Morgan fingerprint density at radius 3 is 2.35 bits per heavy atom. The normalized spacial score (nSPS) is 11.3. The van der Waals surface area contributed by atoms with Crippen molar-refractivity contribution >= 4 is 17.6 Å². The molecule has 2 heterocycles. The number of carbonyl (C=O) groups excluding carboxylic acids is 1. The maximum atomic E-state index is 14.6. The van der Waals surface area contributed by atoms with E-state index in [1.807, 2.05) is 0 Å². The quantitative estimate of drug-likeness (QED) is 0.389. The second-order valence-electron chi connectivity index (χ2n) is 6.59. The fourth-order valence-electron chi connectivity index (χ4n) is 2.90. The lowest BCUT2D eigenvalue weighted by Crippen LogP contribution is -2.41. The molecule has 34 heavy (non-hydrogen) atoms. The molecule has 0 saturated carbocycles. The van der Waals surface area contributed by atoms with Crippen LogP contribution in [0.3, 0.4) is 0 Å². The lowest BCUT2D eigenvalue weighted by atomic mass is 10.2. The molecule has 9 nitrogen and oxygen atoms in total. The molecule has 0 N–H and O–H groups in total. The summed E-state index contributed by atoms with van der Waals surface area (Å²) in [5.41, 5.74) is -5.24. The predicted octanol–water partition coefficient (Wildman–Crippen LogP) is 3.33. The second kappa shape index (κ2) is 9.17. The van der Waals surface area contributed by atoms with Crippen LogP contribution in [0.1, 0.15) is 16.2 Å². The zero-order chi connectivity index (χ0) is 25.4. The highest BCUT2D eigenvalue weighted by Gasteiger charge is 2.35. The summed E-state index contributed by atoms with van der Waals surface area (Å²) in [6.45, 7) is 0. The number of aromatic nitrogens is 3. The van der Waals surface area contributed by atoms with Crippen molar-refractivity contribution in [1.29, 1.82) is 0 Å². The average molecular weight is 504 g/mol. The van der Waals surface area contributed by atoms with Crippen LogP contribution in [0.5, 0.6) is 17.2 Å². The van der Waals surface area contributed by atoms with E-state index in [1.165, 1.54) is 13.2 Å². The Hall–Kier alpha value is -3.87. The summed E-state index contributed by atoms with van der Waals surface area (Å²) in [4.78, 5) is 40.4. The lowest BCUT2D eigenvalue weighted by molar-refractivity contribution is -0.144. The first-order chi connectivity index (χ1) is 15.9. The van der Waals surface area contributed by atoms with Crippen molar-refractivity contribution in [1.82, 2.24) is 14.1 Å². The van der Waals surface area contributed by atoms with Crippen LogP contribution < -0.4 is 20.7 Å². The molecule has 1 aromatic carbocycles. The third-order valence-corrected chi connectivity index (χ3v) is 4.80. The van der Waals surface area contributed by atoms with Gasteiger partial charge in [-0.15, -0.1) is 0 Å². The highest BCUT2D eigenvalue weighted by Crippen LogP contribution is 2.34. The van der Waals surface area contributed by atoms with Crippen molar-refractivity contribution < 1.29 is 36.6 Å². The zero-order valence-electron chi connectivity index (χ0n) is 17.6. The highest BCUT2D eigenvalue weighted by atomic mass is 35.5. The van der Waals surface area contributed by atoms with Gasteiger partial charge < -0.3 is 14.2 Å². The number of carbonyl (C=O) groups is 1. The van der Waals surface area contributed by atoms with Crippen LogP contribution in [0.15, 0.2) is 40.1 Å². The van der Waals surface area contributed by atoms with Crippen LogP contribution in [0.2, 0.25) is 5.02 Å². The van der Waals surface area contributed by atoms with Crippen molar-refractivity contribution in [3.05, 3.63) is 73.5 Å². The Bertz CT molecular complexity index is 1400. The fraction of sp³-hybridized carbons (Fsp3) is 0.200. The summed E-state index contributed by atoms with van der Waals surface area (Å²) in [7, 11) is 3.18. The minimum Gasteiger partial charge on any atom is -0.494 e. The Kier molecular flexibility index (Phi) is 6.68. The molecule has 0 bridgehead atoms. The molecule has 0 spiro atoms. The minimum absolute atomic E-state index is 0.0318. The van der Waals surface area contributed by atoms with E-state index in [0.29, 0.717) is 6.07 Å². The number of alkyl halides is 3. The molecule has 3 aromatic rings. The Labute approximate surface area is 192 Å². The minimum atomic E-state index is -4.98. The number of benzene rings is 1. The molecular formula is C20H14ClF4N3O6. The van der Waals surface area contributed by atoms with E-state index in [2.05, 4.69) is 9.72 Å². The molecule has 0 aliphatic heterocycles. The van der Waals surface area contributed by atoms with Crippen molar-refractivity contribution in [3.63, 3.8) is 0 Å². The monoisotopic (exact) mass is 503 g/mol. The summed E-state index contributed by atoms with van der Waals surface area (Å²) >= 11 is 6.00. The van der Waals surface area contributed by atoms with Gasteiger partial charge in [0.1, 0.15) is 23.0 Å². The number of ether oxygens (including phenoxy) is 3. The molecule has 14 heteroatoms. The third kappa shape index (κ3) is 4.59. The fourth-order valence-corrected chi connectivity index (χ4v) is 3.09. The number of pyridine rings is 1. The van der Waals surface area contributed by atoms with Gasteiger partial charge in [-0.3, -0.25) is 9.36 Å². The number of hydrogen-bond donors (Lipinski definition) is 0. The predicted molar refractivity (Wildman–Crippen MR) is 109 cm³/mol. The first kappa shape index (κ1) is 24.8. The maximum Gasteiger partial charge on any atom is 0.431 e. The molecule has 2 aromatic heterocycles. The molecule has 0 atom stereocenters. The lowest BCUT2D eigenvalue weighted by Gasteiger charge is -2.16. The number of hydrogen-bond acceptors (Lipinski definition) is 7. The van der Waals surface area contributed by atoms with E-state index >= 15 is 0 Å². The molecule has 0 aliphatic rings. The van der Waals surface area contributed by atoms with Gasteiger partial charge in [-0.05, 0) is 6.07 Å². The first-order valence-corrected chi connectivity index (χ1v) is 9.46. The van der Waals surface area contributed by atoms with Gasteiger partial charge in [0.2, 0.25) is 0 Å². The number of nitrogens with zero attached hydrogens (tertiary/aromatic N) is 3. The van der Waals surface area contributed by atoms with Gasteiger partial charge in [-0.25, -0.2) is 23.5 Å². The van der Waals surface area contributed by atoms with Crippen LogP contribution in [-0.2, 0) is 18.0 Å². The van der Waals surface area contributed by atoms with Crippen LogP contribution in [-0.4, -0.2) is 34.3 Å². The van der Waals surface area contributed by atoms with E-state index < -0.39 is 40.6 Å². The Morgan fingerprint density at radius 2 is 1.76 bits per heavy atom. The van der Waals surface area contributed by atoms with Gasteiger partial charge in [0.25, 0.3) is 5.56 Å². The van der Waals surface area contributed by atoms with Gasteiger partial charge in [0, 0.05) is 25.2 Å². The number of rotatable bonds is 5. The van der Waals surface area contributed by atoms with E-state index in [-0.39, 0.29) is 43.2 Å². The number of esters is 1. The second-order valence-corrected chi connectivity index (χ2v) is 7.00. The Morgan fingerprint density at radius 1 is 1.09 bits per heavy atom. The van der Waals surface area contributed by atoms with Gasteiger partial charge in [-0.2, -0.15) is 13.2 Å². The smallest absolute Gasteiger partial charge is 0.431 e. The van der Waals surface area contributed by atoms with Crippen molar-refractivity contribution in [3.8, 4) is 22.9 Å². The van der Waals surface area contributed by atoms with Gasteiger partial charge in [0.05, 0.1) is 31.1 Å².